The maximum atomic E-state index is 3.52. The Morgan fingerprint density at radius 3 is 1.28 bits per heavy atom. The fourth-order valence-electron chi connectivity index (χ4n) is 13.0. The monoisotopic (exact) mass is 1110 g/mol. The molecule has 0 radical (unpaired) electrons. The summed E-state index contributed by atoms with van der Waals surface area (Å²) in [5.41, 5.74) is 26.4. The van der Waals surface area contributed by atoms with Crippen LogP contribution in [-0.2, 0) is 18.3 Å². The summed E-state index contributed by atoms with van der Waals surface area (Å²) in [5.74, 6) is 0. The molecule has 11 aromatic rings. The average Bonchev–Trinajstić information content (AvgIpc) is 2.17. The number of unbranched alkanes of at least 4 members (excludes halogenated alkanes) is 6. The molecule has 0 saturated carbocycles. The van der Waals surface area contributed by atoms with Gasteiger partial charge < -0.3 is 15.1 Å². The van der Waals surface area contributed by atoms with E-state index >= 15 is 0 Å². The van der Waals surface area contributed by atoms with Gasteiger partial charge in [0.25, 0.3) is 0 Å². The number of aryl methyl sites for hydroxylation is 3. The van der Waals surface area contributed by atoms with Crippen LogP contribution in [-0.4, -0.2) is 0 Å². The lowest BCUT2D eigenvalue weighted by molar-refractivity contribution is 0.401. The number of nitrogens with zero attached hydrogens (tertiary/aromatic N) is 2. The van der Waals surface area contributed by atoms with Crippen LogP contribution in [0.2, 0.25) is 0 Å². The number of hydrogen-bond acceptors (Lipinski definition) is 3. The van der Waals surface area contributed by atoms with E-state index in [9.17, 15) is 0 Å². The Morgan fingerprint density at radius 2 is 0.753 bits per heavy atom. The van der Waals surface area contributed by atoms with Gasteiger partial charge in [-0.2, -0.15) is 0 Å². The number of rotatable bonds is 21. The van der Waals surface area contributed by atoms with Crippen molar-refractivity contribution in [2.45, 2.75) is 103 Å². The summed E-state index contributed by atoms with van der Waals surface area (Å²) in [4.78, 5) is 4.86. The van der Waals surface area contributed by atoms with Gasteiger partial charge in [0.05, 0.1) is 0 Å². The Labute approximate surface area is 506 Å². The largest absolute Gasteiger partial charge is 0.356 e. The zero-order chi connectivity index (χ0) is 57.8. The molecular formula is C82H79N3. The van der Waals surface area contributed by atoms with Crippen LogP contribution in [0.3, 0.4) is 0 Å². The fourth-order valence-corrected chi connectivity index (χ4v) is 13.0. The molecule has 0 aromatic heterocycles. The maximum absolute atomic E-state index is 3.52. The van der Waals surface area contributed by atoms with Gasteiger partial charge in [-0.25, -0.2) is 0 Å². The van der Waals surface area contributed by atoms with Crippen molar-refractivity contribution in [1.82, 2.24) is 0 Å². The molecule has 0 heterocycles. The lowest BCUT2D eigenvalue weighted by Gasteiger charge is -2.34. The van der Waals surface area contributed by atoms with Crippen molar-refractivity contribution in [1.29, 1.82) is 0 Å². The SMILES string of the molecule is CCCCCCC1(CCCCCC)c2ccccc2-c2ccc(N(c3ccccc3)c3ccc(-c4ccc(N(c5ccc(-c6ccc(Nc7ccccc7)cc6)cc5)c5cccc(-c6ccc7c(c6)CC7)c5)cc4)cc3)cc21.Cc1ccccc1. The summed E-state index contributed by atoms with van der Waals surface area (Å²) in [6.45, 7) is 6.73. The third-order valence-electron chi connectivity index (χ3n) is 17.7. The fraction of sp³-hybridized carbons (Fsp3) is 0.195. The van der Waals surface area contributed by atoms with E-state index in [0.29, 0.717) is 0 Å². The Hall–Kier alpha value is -9.18. The number of para-hydroxylation sites is 2. The number of anilines is 8. The predicted molar refractivity (Wildman–Crippen MR) is 364 cm³/mol. The van der Waals surface area contributed by atoms with Crippen molar-refractivity contribution in [3.8, 4) is 44.5 Å². The highest BCUT2D eigenvalue weighted by Gasteiger charge is 2.42. The highest BCUT2D eigenvalue weighted by atomic mass is 15.1. The van der Waals surface area contributed by atoms with Gasteiger partial charge in [0.15, 0.2) is 0 Å². The van der Waals surface area contributed by atoms with Crippen LogP contribution in [0.25, 0.3) is 44.5 Å². The molecule has 1 N–H and O–H groups in total. The van der Waals surface area contributed by atoms with Crippen LogP contribution in [0.1, 0.15) is 106 Å². The zero-order valence-electron chi connectivity index (χ0n) is 49.9. The van der Waals surface area contributed by atoms with Gasteiger partial charge in [-0.05, 0) is 196 Å². The smallest absolute Gasteiger partial charge is 0.0467 e. The normalized spacial score (nSPS) is 12.4. The molecule has 0 unspecified atom stereocenters. The second-order valence-electron chi connectivity index (χ2n) is 23.4. The Bertz CT molecular complexity index is 3910. The van der Waals surface area contributed by atoms with Gasteiger partial charge in [-0.15, -0.1) is 0 Å². The van der Waals surface area contributed by atoms with Crippen LogP contribution < -0.4 is 15.1 Å². The maximum Gasteiger partial charge on any atom is 0.0467 e. The lowest BCUT2D eigenvalue weighted by atomic mass is 9.70. The first kappa shape index (κ1) is 56.3. The molecule has 13 rings (SSSR count). The second-order valence-corrected chi connectivity index (χ2v) is 23.4. The van der Waals surface area contributed by atoms with Crippen LogP contribution >= 0.6 is 0 Å². The Morgan fingerprint density at radius 1 is 0.318 bits per heavy atom. The molecule has 0 saturated heterocycles. The van der Waals surface area contributed by atoms with Crippen LogP contribution in [0.15, 0.2) is 273 Å². The quantitative estimate of drug-likeness (QED) is 0.0724. The zero-order valence-corrected chi connectivity index (χ0v) is 49.9. The molecule has 0 spiro atoms. The predicted octanol–water partition coefficient (Wildman–Crippen LogP) is 23.7. The first-order valence-electron chi connectivity index (χ1n) is 31.3. The molecular weight excluding hydrogens is 1030 g/mol. The molecule has 2 aliphatic carbocycles. The van der Waals surface area contributed by atoms with Gasteiger partial charge >= 0.3 is 0 Å². The van der Waals surface area contributed by atoms with Crippen LogP contribution in [0.5, 0.6) is 0 Å². The summed E-state index contributed by atoms with van der Waals surface area (Å²) < 4.78 is 0. The summed E-state index contributed by atoms with van der Waals surface area (Å²) in [5, 5.41) is 3.52. The molecule has 3 nitrogen and oxygen atoms in total. The van der Waals surface area contributed by atoms with Crippen molar-refractivity contribution < 1.29 is 0 Å². The Balaban J connectivity index is 0.000000946. The third-order valence-corrected chi connectivity index (χ3v) is 17.7. The molecule has 0 amide bonds. The van der Waals surface area contributed by atoms with Gasteiger partial charge in [0.2, 0.25) is 0 Å². The number of fused-ring (bicyclic) bond motifs is 4. The van der Waals surface area contributed by atoms with Crippen molar-refractivity contribution >= 4 is 45.5 Å². The molecule has 11 aromatic carbocycles. The number of nitrogens with one attached hydrogen (secondary N) is 1. The minimum absolute atomic E-state index is 0.0140. The van der Waals surface area contributed by atoms with E-state index in [4.69, 9.17) is 0 Å². The van der Waals surface area contributed by atoms with Crippen molar-refractivity contribution in [3.05, 3.63) is 301 Å². The van der Waals surface area contributed by atoms with E-state index in [-0.39, 0.29) is 5.41 Å². The summed E-state index contributed by atoms with van der Waals surface area (Å²) in [6.07, 6.45) is 14.9. The second kappa shape index (κ2) is 26.6. The number of benzene rings is 11. The first-order chi connectivity index (χ1) is 41.9. The lowest BCUT2D eigenvalue weighted by Crippen LogP contribution is -2.26. The van der Waals surface area contributed by atoms with Crippen molar-refractivity contribution in [2.24, 2.45) is 0 Å². The molecule has 0 atom stereocenters. The van der Waals surface area contributed by atoms with E-state index in [1.807, 2.05) is 24.3 Å². The van der Waals surface area contributed by atoms with E-state index in [0.717, 1.165) is 46.2 Å². The average molecular weight is 1110 g/mol. The van der Waals surface area contributed by atoms with E-state index < -0.39 is 0 Å². The van der Waals surface area contributed by atoms with Crippen LogP contribution in [0.4, 0.5) is 45.5 Å². The standard InChI is InChI=1S/C75H71N3.C7H8/c1-3-5-7-17-50-75(51-18-8-6-4-2)73-27-16-15-26-71(73)72-49-48-70(54-74(72)75)77(65-23-13-10-14-24-65)66-42-36-57(37-43-66)58-38-46-68(47-39-58)78(69-25-19-20-60(53-69)62-31-29-59-28-30-61(59)52-62)67-44-34-56(35-45-67)55-32-40-64(41-33-55)76-63-21-11-9-12-22-63;1-7-5-3-2-4-6-7/h9-16,19-27,29,31-49,52-54,76H,3-8,17-18,28,30,50-51H2,1-2H3;2-6H,1H3. The topological polar surface area (TPSA) is 18.5 Å². The van der Waals surface area contributed by atoms with Crippen molar-refractivity contribution in [3.63, 3.8) is 0 Å². The summed E-state index contributed by atoms with van der Waals surface area (Å²) >= 11 is 0. The first-order valence-corrected chi connectivity index (χ1v) is 31.3. The van der Waals surface area contributed by atoms with Gasteiger partial charge in [0, 0.05) is 50.9 Å². The third kappa shape index (κ3) is 12.7. The molecule has 3 heteroatoms. The van der Waals surface area contributed by atoms with E-state index in [1.165, 1.54) is 149 Å². The van der Waals surface area contributed by atoms with Crippen LogP contribution in [0, 0.1) is 6.92 Å². The molecule has 0 bridgehead atoms. The molecule has 0 fully saturated rings. The molecule has 0 aliphatic heterocycles. The minimum Gasteiger partial charge on any atom is -0.356 e. The van der Waals surface area contributed by atoms with E-state index in [1.54, 1.807) is 0 Å². The summed E-state index contributed by atoms with van der Waals surface area (Å²) in [6, 6.07) is 100. The Kier molecular flexibility index (Phi) is 17.6. The highest BCUT2D eigenvalue weighted by molar-refractivity contribution is 5.87. The molecule has 2 aliphatic rings. The highest BCUT2D eigenvalue weighted by Crippen LogP contribution is 2.56. The van der Waals surface area contributed by atoms with Crippen molar-refractivity contribution in [2.75, 3.05) is 15.1 Å². The minimum atomic E-state index is 0.0140. The molecule has 422 valence electrons. The van der Waals surface area contributed by atoms with Gasteiger partial charge in [-0.3, -0.25) is 0 Å². The van der Waals surface area contributed by atoms with Gasteiger partial charge in [0.1, 0.15) is 0 Å². The summed E-state index contributed by atoms with van der Waals surface area (Å²) in [7, 11) is 0. The molecule has 85 heavy (non-hydrogen) atoms. The van der Waals surface area contributed by atoms with E-state index in [2.05, 4.69) is 285 Å². The number of hydrogen-bond donors (Lipinski definition) is 1. The van der Waals surface area contributed by atoms with Gasteiger partial charge in [-0.1, -0.05) is 247 Å².